The molecule has 0 aliphatic heterocycles. The zero-order valence-corrected chi connectivity index (χ0v) is 15.9. The minimum atomic E-state index is -0.386. The number of ether oxygens (including phenoxy) is 2. The summed E-state index contributed by atoms with van der Waals surface area (Å²) in [6.07, 6.45) is 0. The molecule has 2 amide bonds. The maximum Gasteiger partial charge on any atom is 0.321 e. The average molecular weight is 363 g/mol. The fraction of sp³-hybridized carbons (Fsp3) is 0.316. The molecule has 0 aliphatic rings. The number of anilines is 1. The number of halogens is 1. The lowest BCUT2D eigenvalue weighted by Gasteiger charge is -2.16. The molecule has 0 spiro atoms. The number of benzene rings is 2. The first-order chi connectivity index (χ1) is 11.8. The van der Waals surface area contributed by atoms with Crippen LogP contribution in [0.15, 0.2) is 24.3 Å². The normalized spacial score (nSPS) is 10.3. The molecule has 2 aromatic carbocycles. The Morgan fingerprint density at radius 1 is 1.08 bits per heavy atom. The van der Waals surface area contributed by atoms with Crippen LogP contribution in [0.4, 0.5) is 10.5 Å². The summed E-state index contributed by atoms with van der Waals surface area (Å²) in [5.41, 5.74) is 4.63. The summed E-state index contributed by atoms with van der Waals surface area (Å²) in [6.45, 7) is 7.92. The van der Waals surface area contributed by atoms with Crippen LogP contribution in [0, 0.1) is 27.7 Å². The van der Waals surface area contributed by atoms with Crippen LogP contribution in [-0.4, -0.2) is 19.9 Å². The molecule has 0 aromatic heterocycles. The molecule has 0 saturated heterocycles. The van der Waals surface area contributed by atoms with Crippen molar-refractivity contribution in [1.82, 2.24) is 5.32 Å². The Morgan fingerprint density at radius 3 is 2.44 bits per heavy atom. The van der Waals surface area contributed by atoms with Crippen LogP contribution in [0.3, 0.4) is 0 Å². The van der Waals surface area contributed by atoms with Gasteiger partial charge in [0.25, 0.3) is 0 Å². The van der Waals surface area contributed by atoms with Crippen LogP contribution >= 0.6 is 11.6 Å². The molecule has 0 aliphatic carbocycles. The lowest BCUT2D eigenvalue weighted by molar-refractivity contribution is 0.234. The Hall–Kier alpha value is -2.40. The Bertz CT molecular complexity index is 791. The minimum absolute atomic E-state index is 0.0614. The number of urea groups is 1. The summed E-state index contributed by atoms with van der Waals surface area (Å²) >= 11 is 6.07. The number of rotatable bonds is 5. The summed E-state index contributed by atoms with van der Waals surface area (Å²) in [5, 5.41) is 6.00. The highest BCUT2D eigenvalue weighted by molar-refractivity contribution is 6.31. The van der Waals surface area contributed by atoms with Crippen LogP contribution in [0.5, 0.6) is 11.5 Å². The molecule has 0 radical (unpaired) electrons. The molecule has 2 rings (SSSR count). The summed E-state index contributed by atoms with van der Waals surface area (Å²) in [6, 6.07) is 7.09. The van der Waals surface area contributed by atoms with Crippen molar-refractivity contribution in [2.45, 2.75) is 27.7 Å². The quantitative estimate of drug-likeness (QED) is 0.755. The predicted octanol–water partition coefficient (Wildman–Crippen LogP) is 4.74. The van der Waals surface area contributed by atoms with E-state index in [1.165, 1.54) is 7.11 Å². The highest BCUT2D eigenvalue weighted by atomic mass is 35.5. The van der Waals surface area contributed by atoms with E-state index in [9.17, 15) is 4.79 Å². The maximum absolute atomic E-state index is 12.1. The first kappa shape index (κ1) is 18.9. The van der Waals surface area contributed by atoms with Gasteiger partial charge >= 0.3 is 6.03 Å². The Morgan fingerprint density at radius 2 is 1.76 bits per heavy atom. The van der Waals surface area contributed by atoms with E-state index in [0.717, 1.165) is 28.0 Å². The standard InChI is InChI=1S/C19H23ClN2O3/c1-11-6-7-12(2)18(14(11)4)25-10-21-19(23)22-16-8-13(3)15(20)9-17(16)24-5/h6-9H,10H2,1-5H3,(H2,21,22,23). The van der Waals surface area contributed by atoms with Gasteiger partial charge in [0.15, 0.2) is 6.73 Å². The third-order valence-electron chi connectivity index (χ3n) is 4.05. The largest absolute Gasteiger partial charge is 0.495 e. The molecule has 5 nitrogen and oxygen atoms in total. The molecular formula is C19H23ClN2O3. The molecule has 2 N–H and O–H groups in total. The van der Waals surface area contributed by atoms with Crippen molar-refractivity contribution >= 4 is 23.3 Å². The number of aryl methyl sites for hydroxylation is 3. The molecule has 0 atom stereocenters. The first-order valence-corrected chi connectivity index (χ1v) is 8.30. The summed E-state index contributed by atoms with van der Waals surface area (Å²) in [5.74, 6) is 1.29. The minimum Gasteiger partial charge on any atom is -0.495 e. The molecule has 2 aromatic rings. The van der Waals surface area contributed by atoms with Gasteiger partial charge in [0.05, 0.1) is 12.8 Å². The van der Waals surface area contributed by atoms with Gasteiger partial charge in [-0.2, -0.15) is 0 Å². The molecule has 25 heavy (non-hydrogen) atoms. The smallest absolute Gasteiger partial charge is 0.321 e. The van der Waals surface area contributed by atoms with E-state index in [2.05, 4.69) is 10.6 Å². The molecule has 0 unspecified atom stereocenters. The SMILES string of the molecule is COc1cc(Cl)c(C)cc1NC(=O)NCOc1c(C)ccc(C)c1C. The number of hydrogen-bond acceptors (Lipinski definition) is 3. The molecule has 0 bridgehead atoms. The molecule has 0 saturated carbocycles. The fourth-order valence-electron chi connectivity index (χ4n) is 2.42. The third kappa shape index (κ3) is 4.57. The summed E-state index contributed by atoms with van der Waals surface area (Å²) in [4.78, 5) is 12.1. The fourth-order valence-corrected chi connectivity index (χ4v) is 2.57. The van der Waals surface area contributed by atoms with Gasteiger partial charge in [-0.3, -0.25) is 0 Å². The Kier molecular flexibility index (Phi) is 6.15. The lowest BCUT2D eigenvalue weighted by Crippen LogP contribution is -2.32. The molecule has 6 heteroatoms. The monoisotopic (exact) mass is 362 g/mol. The van der Waals surface area contributed by atoms with Crippen LogP contribution in [0.25, 0.3) is 0 Å². The predicted molar refractivity (Wildman–Crippen MR) is 101 cm³/mol. The summed E-state index contributed by atoms with van der Waals surface area (Å²) < 4.78 is 11.0. The Labute approximate surface area is 153 Å². The number of carbonyl (C=O) groups is 1. The van der Waals surface area contributed by atoms with Crippen LogP contribution in [0.2, 0.25) is 5.02 Å². The van der Waals surface area contributed by atoms with Crippen molar-refractivity contribution in [3.05, 3.63) is 51.5 Å². The van der Waals surface area contributed by atoms with E-state index in [1.807, 2.05) is 39.8 Å². The van der Waals surface area contributed by atoms with Crippen LogP contribution in [-0.2, 0) is 0 Å². The van der Waals surface area contributed by atoms with Crippen LogP contribution in [0.1, 0.15) is 22.3 Å². The number of methoxy groups -OCH3 is 1. The van der Waals surface area contributed by atoms with E-state index in [0.29, 0.717) is 16.5 Å². The maximum atomic E-state index is 12.1. The van der Waals surface area contributed by atoms with Crippen molar-refractivity contribution in [1.29, 1.82) is 0 Å². The van der Waals surface area contributed by atoms with Gasteiger partial charge in [-0.25, -0.2) is 4.79 Å². The molecular weight excluding hydrogens is 340 g/mol. The number of hydrogen-bond donors (Lipinski definition) is 2. The number of nitrogens with one attached hydrogen (secondary N) is 2. The van der Waals surface area contributed by atoms with E-state index >= 15 is 0 Å². The zero-order valence-electron chi connectivity index (χ0n) is 15.1. The third-order valence-corrected chi connectivity index (χ3v) is 4.46. The summed E-state index contributed by atoms with van der Waals surface area (Å²) in [7, 11) is 1.52. The Balaban J connectivity index is 1.98. The topological polar surface area (TPSA) is 59.6 Å². The average Bonchev–Trinajstić information content (AvgIpc) is 2.57. The molecule has 0 fully saturated rings. The second-order valence-electron chi connectivity index (χ2n) is 5.87. The van der Waals surface area contributed by atoms with E-state index < -0.39 is 0 Å². The van der Waals surface area contributed by atoms with Crippen molar-refractivity contribution in [2.75, 3.05) is 19.2 Å². The zero-order chi connectivity index (χ0) is 18.6. The van der Waals surface area contributed by atoms with E-state index in [-0.39, 0.29) is 12.8 Å². The number of amides is 2. The number of carbonyl (C=O) groups excluding carboxylic acids is 1. The van der Waals surface area contributed by atoms with Gasteiger partial charge in [-0.1, -0.05) is 23.7 Å². The van der Waals surface area contributed by atoms with E-state index in [1.54, 1.807) is 12.1 Å². The van der Waals surface area contributed by atoms with Gasteiger partial charge in [-0.05, 0) is 56.0 Å². The van der Waals surface area contributed by atoms with Crippen molar-refractivity contribution in [3.63, 3.8) is 0 Å². The van der Waals surface area contributed by atoms with Crippen molar-refractivity contribution in [3.8, 4) is 11.5 Å². The second-order valence-corrected chi connectivity index (χ2v) is 6.28. The van der Waals surface area contributed by atoms with Gasteiger partial charge in [-0.15, -0.1) is 0 Å². The van der Waals surface area contributed by atoms with Gasteiger partial charge < -0.3 is 20.1 Å². The van der Waals surface area contributed by atoms with Crippen molar-refractivity contribution in [2.24, 2.45) is 0 Å². The second kappa shape index (κ2) is 8.12. The lowest BCUT2D eigenvalue weighted by atomic mass is 10.1. The van der Waals surface area contributed by atoms with Crippen LogP contribution < -0.4 is 20.1 Å². The molecule has 0 heterocycles. The molecule has 134 valence electrons. The van der Waals surface area contributed by atoms with E-state index in [4.69, 9.17) is 21.1 Å². The van der Waals surface area contributed by atoms with Gasteiger partial charge in [0.2, 0.25) is 0 Å². The first-order valence-electron chi connectivity index (χ1n) is 7.92. The highest BCUT2D eigenvalue weighted by Gasteiger charge is 2.11. The van der Waals surface area contributed by atoms with Gasteiger partial charge in [0, 0.05) is 11.1 Å². The van der Waals surface area contributed by atoms with Crippen molar-refractivity contribution < 1.29 is 14.3 Å². The van der Waals surface area contributed by atoms with Gasteiger partial charge in [0.1, 0.15) is 11.5 Å². The highest BCUT2D eigenvalue weighted by Crippen LogP contribution is 2.31.